The lowest BCUT2D eigenvalue weighted by Crippen LogP contribution is -2.22. The summed E-state index contributed by atoms with van der Waals surface area (Å²) in [6.45, 7) is 3.66. The summed E-state index contributed by atoms with van der Waals surface area (Å²) in [6, 6.07) is 18.8. The van der Waals surface area contributed by atoms with Gasteiger partial charge >= 0.3 is 0 Å². The number of nitrogens with two attached hydrogens (primary N) is 1. The van der Waals surface area contributed by atoms with Gasteiger partial charge in [0.25, 0.3) is 0 Å². The molecular formula is C30H34FN5O2. The number of nitrogen functional groups attached to an aromatic ring is 1. The van der Waals surface area contributed by atoms with E-state index in [1.165, 1.54) is 11.0 Å². The average Bonchev–Trinajstić information content (AvgIpc) is 2.92. The molecule has 8 heteroatoms. The predicted molar refractivity (Wildman–Crippen MR) is 152 cm³/mol. The van der Waals surface area contributed by atoms with E-state index in [2.05, 4.69) is 17.2 Å². The lowest BCUT2D eigenvalue weighted by atomic mass is 9.89. The Kier molecular flexibility index (Phi) is 10.3. The zero-order valence-electron chi connectivity index (χ0n) is 22.0. The van der Waals surface area contributed by atoms with E-state index in [4.69, 9.17) is 15.9 Å². The van der Waals surface area contributed by atoms with Crippen LogP contribution in [0.1, 0.15) is 35.7 Å². The molecule has 0 saturated carbocycles. The van der Waals surface area contributed by atoms with Gasteiger partial charge in [0.15, 0.2) is 0 Å². The smallest absolute Gasteiger partial charge is 0.245 e. The molecule has 7 nitrogen and oxygen atoms in total. The van der Waals surface area contributed by atoms with Crippen LogP contribution in [0.15, 0.2) is 79.0 Å². The number of benzene rings is 2. The molecule has 1 amide bonds. The summed E-state index contributed by atoms with van der Waals surface area (Å²) in [5, 5.41) is 10.7. The molecule has 0 radical (unpaired) electrons. The molecule has 1 aromatic heterocycles. The van der Waals surface area contributed by atoms with E-state index in [-0.39, 0.29) is 17.2 Å². The first-order chi connectivity index (χ1) is 18.3. The highest BCUT2D eigenvalue weighted by molar-refractivity contribution is 6.01. The lowest BCUT2D eigenvalue weighted by molar-refractivity contribution is -0.123. The van der Waals surface area contributed by atoms with Gasteiger partial charge < -0.3 is 20.7 Å². The van der Waals surface area contributed by atoms with Crippen LogP contribution in [0.25, 0.3) is 11.1 Å². The van der Waals surface area contributed by atoms with Gasteiger partial charge in [-0.15, -0.1) is 0 Å². The van der Waals surface area contributed by atoms with Crippen LogP contribution in [-0.4, -0.2) is 55.5 Å². The third-order valence-corrected chi connectivity index (χ3v) is 5.86. The van der Waals surface area contributed by atoms with Crippen LogP contribution in [0.2, 0.25) is 0 Å². The molecular weight excluding hydrogens is 481 g/mol. The second-order valence-corrected chi connectivity index (χ2v) is 8.76. The maximum absolute atomic E-state index is 13.9. The standard InChI is InChI=1S/C30H34FN5O2/c1-4-24(21-9-6-5-7-10-21)29(22-12-14-26(32)25(19-22)30(31)33)27-15-13-23(20-35-27)38-18-17-34-16-8-11-28(37)36(2)3/h5-15,19-20,33-34H,4,16-18,32H2,1-3H3/b11-8+,29-24-,33-30?. The van der Waals surface area contributed by atoms with Gasteiger partial charge in [0, 0.05) is 44.5 Å². The van der Waals surface area contributed by atoms with Gasteiger partial charge in [-0.25, -0.2) is 0 Å². The number of pyridine rings is 1. The van der Waals surface area contributed by atoms with Crippen LogP contribution >= 0.6 is 0 Å². The van der Waals surface area contributed by atoms with Crippen molar-refractivity contribution in [1.82, 2.24) is 15.2 Å². The van der Waals surface area contributed by atoms with Gasteiger partial charge in [0.1, 0.15) is 12.4 Å². The number of ether oxygens (including phenoxy) is 1. The van der Waals surface area contributed by atoms with E-state index in [0.29, 0.717) is 37.6 Å². The molecule has 0 aliphatic heterocycles. The molecule has 0 unspecified atom stereocenters. The number of rotatable bonds is 12. The molecule has 198 valence electrons. The molecule has 4 N–H and O–H groups in total. The topological polar surface area (TPSA) is 104 Å². The maximum atomic E-state index is 13.9. The van der Waals surface area contributed by atoms with Crippen molar-refractivity contribution >= 4 is 28.7 Å². The highest BCUT2D eigenvalue weighted by atomic mass is 19.1. The summed E-state index contributed by atoms with van der Waals surface area (Å²) in [5.41, 5.74) is 10.5. The van der Waals surface area contributed by atoms with Crippen molar-refractivity contribution in [2.75, 3.05) is 39.5 Å². The molecule has 0 spiro atoms. The number of likely N-dealkylation sites (N-methyl/N-ethyl adjacent to an activating group) is 1. The minimum absolute atomic E-state index is 0.0527. The lowest BCUT2D eigenvalue weighted by Gasteiger charge is -2.17. The van der Waals surface area contributed by atoms with E-state index in [9.17, 15) is 9.18 Å². The van der Waals surface area contributed by atoms with E-state index in [0.717, 1.165) is 22.3 Å². The highest BCUT2D eigenvalue weighted by Crippen LogP contribution is 2.35. The average molecular weight is 516 g/mol. The number of carbonyl (C=O) groups is 1. The molecule has 0 bridgehead atoms. The Hall–Kier alpha value is -4.30. The van der Waals surface area contributed by atoms with Crippen LogP contribution in [0.5, 0.6) is 5.75 Å². The highest BCUT2D eigenvalue weighted by Gasteiger charge is 2.17. The number of nitrogens with one attached hydrogen (secondary N) is 2. The molecule has 3 rings (SSSR count). The van der Waals surface area contributed by atoms with Gasteiger partial charge in [-0.2, -0.15) is 4.39 Å². The third-order valence-electron chi connectivity index (χ3n) is 5.86. The minimum Gasteiger partial charge on any atom is -0.491 e. The summed E-state index contributed by atoms with van der Waals surface area (Å²) in [6.07, 6.45) is 5.69. The van der Waals surface area contributed by atoms with E-state index in [1.807, 2.05) is 48.5 Å². The first-order valence-corrected chi connectivity index (χ1v) is 12.4. The van der Waals surface area contributed by atoms with Crippen molar-refractivity contribution in [2.24, 2.45) is 0 Å². The number of amides is 1. The van der Waals surface area contributed by atoms with Crippen molar-refractivity contribution in [3.63, 3.8) is 0 Å². The summed E-state index contributed by atoms with van der Waals surface area (Å²) in [4.78, 5) is 17.7. The van der Waals surface area contributed by atoms with Crippen molar-refractivity contribution < 1.29 is 13.9 Å². The Labute approximate surface area is 223 Å². The molecule has 3 aromatic rings. The fraction of sp³-hybridized carbons (Fsp3) is 0.233. The zero-order chi connectivity index (χ0) is 27.5. The monoisotopic (exact) mass is 515 g/mol. The quantitative estimate of drug-likeness (QED) is 0.104. The fourth-order valence-electron chi connectivity index (χ4n) is 3.89. The van der Waals surface area contributed by atoms with Gasteiger partial charge in [-0.05, 0) is 47.4 Å². The van der Waals surface area contributed by atoms with E-state index in [1.54, 1.807) is 38.5 Å². The summed E-state index contributed by atoms with van der Waals surface area (Å²) >= 11 is 0. The molecule has 0 fully saturated rings. The number of allylic oxidation sites excluding steroid dienone is 1. The van der Waals surface area contributed by atoms with Crippen LogP contribution in [0.3, 0.4) is 0 Å². The Morgan fingerprint density at radius 1 is 1.13 bits per heavy atom. The van der Waals surface area contributed by atoms with E-state index >= 15 is 0 Å². The zero-order valence-corrected chi connectivity index (χ0v) is 22.0. The number of anilines is 1. The summed E-state index contributed by atoms with van der Waals surface area (Å²) in [7, 11) is 3.42. The van der Waals surface area contributed by atoms with Crippen molar-refractivity contribution in [2.45, 2.75) is 13.3 Å². The molecule has 0 atom stereocenters. The first-order valence-electron chi connectivity index (χ1n) is 12.4. The molecule has 0 saturated heterocycles. The Bertz CT molecular complexity index is 1300. The largest absolute Gasteiger partial charge is 0.491 e. The first kappa shape index (κ1) is 28.3. The molecule has 0 aliphatic carbocycles. The summed E-state index contributed by atoms with van der Waals surface area (Å²) < 4.78 is 19.7. The Balaban J connectivity index is 1.81. The molecule has 0 aliphatic rings. The third kappa shape index (κ3) is 7.60. The van der Waals surface area contributed by atoms with Gasteiger partial charge in [0.05, 0.1) is 17.5 Å². The minimum atomic E-state index is -1.08. The van der Waals surface area contributed by atoms with Crippen molar-refractivity contribution in [3.8, 4) is 5.75 Å². The van der Waals surface area contributed by atoms with Crippen molar-refractivity contribution in [1.29, 1.82) is 5.41 Å². The van der Waals surface area contributed by atoms with Crippen LogP contribution in [0.4, 0.5) is 10.1 Å². The van der Waals surface area contributed by atoms with Gasteiger partial charge in [-0.3, -0.25) is 15.2 Å². The number of aromatic nitrogens is 1. The van der Waals surface area contributed by atoms with Crippen LogP contribution in [-0.2, 0) is 4.79 Å². The van der Waals surface area contributed by atoms with Gasteiger partial charge in [-0.1, -0.05) is 49.4 Å². The summed E-state index contributed by atoms with van der Waals surface area (Å²) in [5.74, 6) is -0.514. The number of nitrogens with zero attached hydrogens (tertiary/aromatic N) is 2. The van der Waals surface area contributed by atoms with Crippen LogP contribution in [0, 0.1) is 5.41 Å². The second-order valence-electron chi connectivity index (χ2n) is 8.76. The molecule has 38 heavy (non-hydrogen) atoms. The maximum Gasteiger partial charge on any atom is 0.245 e. The Morgan fingerprint density at radius 3 is 2.53 bits per heavy atom. The SMILES string of the molecule is CC/C(=C(\c1ccc(N)c(C(=N)F)c1)c1ccc(OCCNC/C=C/C(=O)N(C)C)cn1)c1ccccc1. The van der Waals surface area contributed by atoms with E-state index < -0.39 is 5.97 Å². The number of hydrogen-bond acceptors (Lipinski definition) is 6. The number of halogens is 1. The second kappa shape index (κ2) is 13.9. The Morgan fingerprint density at radius 2 is 1.89 bits per heavy atom. The molecule has 2 aromatic carbocycles. The number of hydrogen-bond donors (Lipinski definition) is 3. The normalized spacial score (nSPS) is 11.8. The number of carbonyl (C=O) groups excluding carboxylic acids is 1. The fourth-order valence-corrected chi connectivity index (χ4v) is 3.89. The van der Waals surface area contributed by atoms with Crippen molar-refractivity contribution in [3.05, 3.63) is 101 Å². The predicted octanol–water partition coefficient (Wildman–Crippen LogP) is 4.94. The van der Waals surface area contributed by atoms with Crippen LogP contribution < -0.4 is 15.8 Å². The molecule has 1 heterocycles. The van der Waals surface area contributed by atoms with Gasteiger partial charge in [0.2, 0.25) is 11.9 Å².